The van der Waals surface area contributed by atoms with Gasteiger partial charge in [0.15, 0.2) is 0 Å². The van der Waals surface area contributed by atoms with Gasteiger partial charge >= 0.3 is 12.2 Å². The summed E-state index contributed by atoms with van der Waals surface area (Å²) in [7, 11) is 3.19. The van der Waals surface area contributed by atoms with E-state index >= 15 is 0 Å². The van der Waals surface area contributed by atoms with Crippen LogP contribution in [0.25, 0.3) is 0 Å². The molecule has 1 rings (SSSR count). The maximum Gasteiger partial charge on any atom is 0.416 e. The van der Waals surface area contributed by atoms with Crippen molar-refractivity contribution in [2.24, 2.45) is 5.73 Å². The van der Waals surface area contributed by atoms with Crippen LogP contribution in [0.15, 0.2) is 24.3 Å². The Morgan fingerprint density at radius 3 is 2.62 bits per heavy atom. The molecular weight excluding hydrogens is 323 g/mol. The van der Waals surface area contributed by atoms with Crippen molar-refractivity contribution in [2.75, 3.05) is 29.9 Å². The van der Waals surface area contributed by atoms with E-state index in [4.69, 9.17) is 5.73 Å². The molecule has 0 bridgehead atoms. The minimum atomic E-state index is -4.43. The van der Waals surface area contributed by atoms with E-state index in [0.29, 0.717) is 18.8 Å². The van der Waals surface area contributed by atoms with Crippen LogP contribution >= 0.6 is 21.6 Å². The number of benzene rings is 1. The summed E-state index contributed by atoms with van der Waals surface area (Å²) in [4.78, 5) is 11.5. The minimum Gasteiger partial charge on any atom is -0.337 e. The van der Waals surface area contributed by atoms with E-state index in [2.05, 4.69) is 10.6 Å². The number of carbonyl (C=O) groups excluding carboxylic acids is 1. The van der Waals surface area contributed by atoms with E-state index in [-0.39, 0.29) is 5.69 Å². The van der Waals surface area contributed by atoms with E-state index < -0.39 is 17.8 Å². The number of nitrogens with one attached hydrogen (secondary N) is 2. The number of halogens is 3. The number of hydrogen-bond donors (Lipinski definition) is 3. The van der Waals surface area contributed by atoms with Crippen LogP contribution in [0.2, 0.25) is 0 Å². The van der Waals surface area contributed by atoms with Crippen LogP contribution in [-0.2, 0) is 6.18 Å². The van der Waals surface area contributed by atoms with Crippen molar-refractivity contribution in [3.05, 3.63) is 29.8 Å². The first-order valence-corrected chi connectivity index (χ1v) is 8.59. The highest BCUT2D eigenvalue weighted by Gasteiger charge is 2.30. The van der Waals surface area contributed by atoms with Crippen molar-refractivity contribution in [2.45, 2.75) is 6.18 Å². The highest BCUT2D eigenvalue weighted by Crippen LogP contribution is 2.30. The fraction of sp³-hybridized carbons (Fsp3) is 0.417. The van der Waals surface area contributed by atoms with Crippen molar-refractivity contribution < 1.29 is 18.0 Å². The van der Waals surface area contributed by atoms with Gasteiger partial charge in [0, 0.05) is 30.3 Å². The molecule has 0 unspecified atom stereocenters. The van der Waals surface area contributed by atoms with Gasteiger partial charge in [-0.2, -0.15) is 13.2 Å². The second-order valence-corrected chi connectivity index (χ2v) is 6.59. The van der Waals surface area contributed by atoms with Crippen LogP contribution in [-0.4, -0.2) is 30.6 Å². The third-order valence-electron chi connectivity index (χ3n) is 2.20. The van der Waals surface area contributed by atoms with E-state index in [0.717, 1.165) is 17.9 Å². The average molecular weight is 339 g/mol. The second-order valence-electron chi connectivity index (χ2n) is 3.89. The average Bonchev–Trinajstić information content (AvgIpc) is 2.42. The molecule has 4 nitrogen and oxygen atoms in total. The monoisotopic (exact) mass is 339 g/mol. The Balaban J connectivity index is 2.35. The summed E-state index contributed by atoms with van der Waals surface area (Å²) >= 11 is 0. The zero-order chi connectivity index (χ0) is 15.7. The molecule has 2 amide bonds. The maximum atomic E-state index is 12.5. The minimum absolute atomic E-state index is 0.104. The van der Waals surface area contributed by atoms with Gasteiger partial charge in [0.25, 0.3) is 0 Å². The molecule has 21 heavy (non-hydrogen) atoms. The SMILES string of the molecule is NCCSSCCNC(=O)Nc1cccc(C(F)(F)F)c1. The van der Waals surface area contributed by atoms with Crippen molar-refractivity contribution in [3.8, 4) is 0 Å². The van der Waals surface area contributed by atoms with Crippen molar-refractivity contribution in [1.29, 1.82) is 0 Å². The summed E-state index contributed by atoms with van der Waals surface area (Å²) in [5, 5.41) is 4.94. The topological polar surface area (TPSA) is 67.1 Å². The summed E-state index contributed by atoms with van der Waals surface area (Å²) in [5.41, 5.74) is 4.63. The summed E-state index contributed by atoms with van der Waals surface area (Å²) in [6, 6.07) is 3.97. The number of anilines is 1. The van der Waals surface area contributed by atoms with Crippen LogP contribution < -0.4 is 16.4 Å². The molecule has 0 aromatic heterocycles. The predicted octanol–water partition coefficient (Wildman–Crippen LogP) is 3.17. The summed E-state index contributed by atoms with van der Waals surface area (Å²) in [6.07, 6.45) is -4.43. The molecule has 0 saturated heterocycles. The second kappa shape index (κ2) is 9.06. The van der Waals surface area contributed by atoms with E-state index in [9.17, 15) is 18.0 Å². The van der Waals surface area contributed by atoms with Gasteiger partial charge in [0.2, 0.25) is 0 Å². The van der Waals surface area contributed by atoms with Crippen LogP contribution in [0.4, 0.5) is 23.7 Å². The van der Waals surface area contributed by atoms with Gasteiger partial charge in [-0.1, -0.05) is 27.7 Å². The lowest BCUT2D eigenvalue weighted by Gasteiger charge is -2.10. The summed E-state index contributed by atoms with van der Waals surface area (Å²) in [5.74, 6) is 1.53. The lowest BCUT2D eigenvalue weighted by Crippen LogP contribution is -2.30. The Bertz CT molecular complexity index is 458. The molecule has 0 spiro atoms. The number of urea groups is 1. The van der Waals surface area contributed by atoms with Gasteiger partial charge in [-0.15, -0.1) is 0 Å². The van der Waals surface area contributed by atoms with Crippen molar-refractivity contribution >= 4 is 33.3 Å². The largest absolute Gasteiger partial charge is 0.416 e. The van der Waals surface area contributed by atoms with E-state index in [1.54, 1.807) is 21.6 Å². The maximum absolute atomic E-state index is 12.5. The van der Waals surface area contributed by atoms with Gasteiger partial charge in [0.1, 0.15) is 0 Å². The molecule has 1 aromatic carbocycles. The van der Waals surface area contributed by atoms with Crippen LogP contribution in [0, 0.1) is 0 Å². The van der Waals surface area contributed by atoms with Gasteiger partial charge < -0.3 is 16.4 Å². The van der Waals surface area contributed by atoms with Crippen LogP contribution in [0.5, 0.6) is 0 Å². The third kappa shape index (κ3) is 7.49. The van der Waals surface area contributed by atoms with E-state index in [1.807, 2.05) is 0 Å². The smallest absolute Gasteiger partial charge is 0.337 e. The molecule has 4 N–H and O–H groups in total. The normalized spacial score (nSPS) is 11.2. The zero-order valence-corrected chi connectivity index (χ0v) is 12.7. The number of carbonyl (C=O) groups is 1. The Hall–Kier alpha value is -1.06. The lowest BCUT2D eigenvalue weighted by molar-refractivity contribution is -0.137. The number of alkyl halides is 3. The molecule has 0 radical (unpaired) electrons. The van der Waals surface area contributed by atoms with Crippen molar-refractivity contribution in [3.63, 3.8) is 0 Å². The molecule has 0 aliphatic carbocycles. The number of amides is 2. The molecule has 0 fully saturated rings. The molecule has 1 aromatic rings. The fourth-order valence-electron chi connectivity index (χ4n) is 1.32. The van der Waals surface area contributed by atoms with Gasteiger partial charge in [-0.25, -0.2) is 4.79 Å². The number of nitrogens with two attached hydrogens (primary N) is 1. The first-order chi connectivity index (χ1) is 9.93. The molecule has 0 saturated carbocycles. The molecule has 118 valence electrons. The molecule has 0 aliphatic rings. The standard InChI is InChI=1S/C12H16F3N3OS2/c13-12(14,15)9-2-1-3-10(8-9)18-11(19)17-5-7-21-20-6-4-16/h1-3,8H,4-7,16H2,(H2,17,18,19). The van der Waals surface area contributed by atoms with Crippen LogP contribution in [0.3, 0.4) is 0 Å². The summed E-state index contributed by atoms with van der Waals surface area (Å²) < 4.78 is 37.5. The van der Waals surface area contributed by atoms with Gasteiger partial charge in [-0.3, -0.25) is 0 Å². The van der Waals surface area contributed by atoms with Gasteiger partial charge in [-0.05, 0) is 18.2 Å². The highest BCUT2D eigenvalue weighted by atomic mass is 33.1. The summed E-state index contributed by atoms with van der Waals surface area (Å²) in [6.45, 7) is 1.02. The zero-order valence-electron chi connectivity index (χ0n) is 11.1. The Kier molecular flexibility index (Phi) is 7.76. The van der Waals surface area contributed by atoms with Crippen molar-refractivity contribution in [1.82, 2.24) is 5.32 Å². The Morgan fingerprint density at radius 2 is 1.95 bits per heavy atom. The third-order valence-corrected chi connectivity index (χ3v) is 4.64. The molecule has 0 aliphatic heterocycles. The Morgan fingerprint density at radius 1 is 1.24 bits per heavy atom. The first-order valence-electron chi connectivity index (χ1n) is 6.10. The predicted molar refractivity (Wildman–Crippen MR) is 82.4 cm³/mol. The molecular formula is C12H16F3N3OS2. The Labute approximate surface area is 128 Å². The number of rotatable bonds is 7. The molecule has 9 heteroatoms. The highest BCUT2D eigenvalue weighted by molar-refractivity contribution is 8.76. The lowest BCUT2D eigenvalue weighted by atomic mass is 10.2. The fourth-order valence-corrected chi connectivity index (χ4v) is 3.08. The quantitative estimate of drug-likeness (QED) is 0.527. The molecule has 0 heterocycles. The molecule has 0 atom stereocenters. The van der Waals surface area contributed by atoms with Crippen LogP contribution in [0.1, 0.15) is 5.56 Å². The van der Waals surface area contributed by atoms with E-state index in [1.165, 1.54) is 12.1 Å². The number of hydrogen-bond acceptors (Lipinski definition) is 4. The first kappa shape index (κ1) is 18.0. The van der Waals surface area contributed by atoms with Gasteiger partial charge in [0.05, 0.1) is 5.56 Å².